The summed E-state index contributed by atoms with van der Waals surface area (Å²) < 4.78 is 50.5. The zero-order chi connectivity index (χ0) is 23.8. The molecule has 2 aromatic heterocycles. The molecule has 0 aliphatic carbocycles. The van der Waals surface area contributed by atoms with Gasteiger partial charge in [0, 0.05) is 30.3 Å². The van der Waals surface area contributed by atoms with Gasteiger partial charge in [0.1, 0.15) is 17.5 Å². The van der Waals surface area contributed by atoms with Crippen molar-refractivity contribution in [1.29, 1.82) is 0 Å². The number of nitrogens with zero attached hydrogens (tertiary/aromatic N) is 2. The highest BCUT2D eigenvalue weighted by Crippen LogP contribution is 2.48. The molecule has 1 amide bonds. The molecule has 0 spiro atoms. The number of hydrogen-bond donors (Lipinski definition) is 1. The first-order valence-electron chi connectivity index (χ1n) is 9.93. The number of Topliss-reactive ketones (excluding diaryl/α,β-unsaturated/α-hetero) is 1. The summed E-state index contributed by atoms with van der Waals surface area (Å²) >= 11 is 0. The third kappa shape index (κ3) is 4.59. The van der Waals surface area contributed by atoms with Crippen LogP contribution in [0.1, 0.15) is 55.4 Å². The fraction of sp³-hybridized carbons (Fsp3) is 0.455. The average molecular weight is 451 g/mol. The van der Waals surface area contributed by atoms with E-state index in [0.717, 1.165) is 6.07 Å². The molecular weight excluding hydrogens is 427 g/mol. The SMILES string of the molecule is COc1nc(C(F)(F)F)ccc1[C@@H]1[C@@H](C(=O)Nc2ccnc(C(C)=O)c2)OC(C)(C)[C@@H]1C. The van der Waals surface area contributed by atoms with Gasteiger partial charge in [0.25, 0.3) is 5.91 Å². The summed E-state index contributed by atoms with van der Waals surface area (Å²) in [6.45, 7) is 6.83. The zero-order valence-electron chi connectivity index (χ0n) is 18.3. The largest absolute Gasteiger partial charge is 0.481 e. The minimum Gasteiger partial charge on any atom is -0.481 e. The molecule has 7 nitrogen and oxygen atoms in total. The molecule has 1 N–H and O–H groups in total. The Balaban J connectivity index is 1.98. The Kier molecular flexibility index (Phi) is 6.28. The van der Waals surface area contributed by atoms with E-state index in [-0.39, 0.29) is 23.3 Å². The molecule has 32 heavy (non-hydrogen) atoms. The summed E-state index contributed by atoms with van der Waals surface area (Å²) in [5.41, 5.74) is -0.943. The molecule has 3 heterocycles. The number of methoxy groups -OCH3 is 1. The molecule has 172 valence electrons. The topological polar surface area (TPSA) is 90.4 Å². The molecule has 1 fully saturated rings. The molecule has 3 rings (SSSR count). The summed E-state index contributed by atoms with van der Waals surface area (Å²) in [5, 5.41) is 2.71. The van der Waals surface area contributed by atoms with Gasteiger partial charge in [-0.25, -0.2) is 4.98 Å². The maximum Gasteiger partial charge on any atom is 0.433 e. The molecule has 0 bridgehead atoms. The van der Waals surface area contributed by atoms with Crippen LogP contribution in [0.4, 0.5) is 18.9 Å². The number of ketones is 1. The number of carbonyl (C=O) groups is 2. The van der Waals surface area contributed by atoms with Crippen LogP contribution in [0.2, 0.25) is 0 Å². The van der Waals surface area contributed by atoms with Crippen molar-refractivity contribution < 1.29 is 32.2 Å². The van der Waals surface area contributed by atoms with Crippen LogP contribution < -0.4 is 10.1 Å². The monoisotopic (exact) mass is 451 g/mol. The molecule has 0 unspecified atom stereocenters. The van der Waals surface area contributed by atoms with E-state index in [2.05, 4.69) is 15.3 Å². The minimum atomic E-state index is -4.63. The Hall–Kier alpha value is -3.01. The highest BCUT2D eigenvalue weighted by atomic mass is 19.4. The zero-order valence-corrected chi connectivity index (χ0v) is 18.3. The van der Waals surface area contributed by atoms with Crippen molar-refractivity contribution in [2.75, 3.05) is 12.4 Å². The van der Waals surface area contributed by atoms with Crippen LogP contribution in [0.25, 0.3) is 0 Å². The summed E-state index contributed by atoms with van der Waals surface area (Å²) in [5.74, 6) is -1.85. The Bertz CT molecular complexity index is 1040. The Morgan fingerprint density at radius 2 is 1.91 bits per heavy atom. The molecular formula is C22H24F3N3O4. The Morgan fingerprint density at radius 1 is 1.22 bits per heavy atom. The van der Waals surface area contributed by atoms with Crippen molar-refractivity contribution in [2.45, 2.75) is 51.5 Å². The summed E-state index contributed by atoms with van der Waals surface area (Å²) in [7, 11) is 1.23. The van der Waals surface area contributed by atoms with Gasteiger partial charge in [-0.2, -0.15) is 13.2 Å². The van der Waals surface area contributed by atoms with Crippen molar-refractivity contribution in [1.82, 2.24) is 9.97 Å². The molecule has 3 atom stereocenters. The van der Waals surface area contributed by atoms with Crippen molar-refractivity contribution in [3.05, 3.63) is 47.4 Å². The second-order valence-corrected chi connectivity index (χ2v) is 8.22. The lowest BCUT2D eigenvalue weighted by Gasteiger charge is -2.25. The second-order valence-electron chi connectivity index (χ2n) is 8.22. The van der Waals surface area contributed by atoms with Crippen LogP contribution in [0.3, 0.4) is 0 Å². The first kappa shape index (κ1) is 23.6. The van der Waals surface area contributed by atoms with E-state index in [1.807, 2.05) is 20.8 Å². The number of alkyl halides is 3. The fourth-order valence-corrected chi connectivity index (χ4v) is 3.79. The van der Waals surface area contributed by atoms with Gasteiger partial charge in [0.2, 0.25) is 5.88 Å². The lowest BCUT2D eigenvalue weighted by atomic mass is 9.78. The predicted octanol–water partition coefficient (Wildman–Crippen LogP) is 4.24. The quantitative estimate of drug-likeness (QED) is 0.684. The number of amides is 1. The van der Waals surface area contributed by atoms with Crippen LogP contribution >= 0.6 is 0 Å². The smallest absolute Gasteiger partial charge is 0.433 e. The Labute approximate surface area is 183 Å². The van der Waals surface area contributed by atoms with Gasteiger partial charge in [0.05, 0.1) is 12.7 Å². The van der Waals surface area contributed by atoms with Gasteiger partial charge in [-0.05, 0) is 38.0 Å². The van der Waals surface area contributed by atoms with Crippen LogP contribution in [0, 0.1) is 5.92 Å². The van der Waals surface area contributed by atoms with E-state index in [0.29, 0.717) is 11.3 Å². The maximum atomic E-state index is 13.2. The molecule has 1 saturated heterocycles. The molecule has 10 heteroatoms. The number of carbonyl (C=O) groups excluding carboxylic acids is 2. The fourth-order valence-electron chi connectivity index (χ4n) is 3.79. The van der Waals surface area contributed by atoms with Gasteiger partial charge in [0.15, 0.2) is 5.78 Å². The first-order valence-corrected chi connectivity index (χ1v) is 9.93. The van der Waals surface area contributed by atoms with Crippen LogP contribution in [-0.2, 0) is 15.7 Å². The maximum absolute atomic E-state index is 13.2. The summed E-state index contributed by atoms with van der Waals surface area (Å²) in [6.07, 6.45) is -4.26. The highest BCUT2D eigenvalue weighted by molar-refractivity contribution is 5.97. The highest BCUT2D eigenvalue weighted by Gasteiger charge is 2.51. The minimum absolute atomic E-state index is 0.189. The third-order valence-electron chi connectivity index (χ3n) is 5.77. The van der Waals surface area contributed by atoms with Crippen LogP contribution in [0.15, 0.2) is 30.5 Å². The number of anilines is 1. The lowest BCUT2D eigenvalue weighted by molar-refractivity contribution is -0.141. The van der Waals surface area contributed by atoms with Crippen molar-refractivity contribution in [3.63, 3.8) is 0 Å². The van der Waals surface area contributed by atoms with Gasteiger partial charge >= 0.3 is 6.18 Å². The summed E-state index contributed by atoms with van der Waals surface area (Å²) in [6, 6.07) is 5.12. The van der Waals surface area contributed by atoms with Crippen molar-refractivity contribution in [3.8, 4) is 5.88 Å². The van der Waals surface area contributed by atoms with Gasteiger partial charge < -0.3 is 14.8 Å². The number of pyridine rings is 2. The molecule has 2 aromatic rings. The number of ether oxygens (including phenoxy) is 2. The first-order chi connectivity index (χ1) is 14.8. The molecule has 1 aliphatic rings. The number of nitrogens with one attached hydrogen (secondary N) is 1. The average Bonchev–Trinajstić information content (AvgIpc) is 2.96. The van der Waals surface area contributed by atoms with E-state index >= 15 is 0 Å². The van der Waals surface area contributed by atoms with Gasteiger partial charge in [-0.1, -0.05) is 13.0 Å². The molecule has 0 radical (unpaired) electrons. The standard InChI is InChI=1S/C22H24F3N3O4/c1-11-17(14-6-7-16(22(23,24)25)28-20(14)31-5)18(32-21(11,3)4)19(30)27-13-8-9-26-15(10-13)12(2)29/h6-11,17-18H,1-5H3,(H,26,27,30)/t11-,17-,18+/m1/s1. The number of halogens is 3. The Morgan fingerprint density at radius 3 is 2.50 bits per heavy atom. The number of rotatable bonds is 5. The van der Waals surface area contributed by atoms with E-state index in [4.69, 9.17) is 9.47 Å². The molecule has 1 aliphatic heterocycles. The lowest BCUT2D eigenvalue weighted by Crippen LogP contribution is -2.33. The normalized spacial score (nSPS) is 22.4. The number of aromatic nitrogens is 2. The number of hydrogen-bond acceptors (Lipinski definition) is 6. The van der Waals surface area contributed by atoms with Gasteiger partial charge in [-0.3, -0.25) is 14.6 Å². The van der Waals surface area contributed by atoms with E-state index in [1.165, 1.54) is 38.4 Å². The predicted molar refractivity (Wildman–Crippen MR) is 110 cm³/mol. The van der Waals surface area contributed by atoms with Crippen LogP contribution in [-0.4, -0.2) is 40.5 Å². The molecule has 0 saturated carbocycles. The third-order valence-corrected chi connectivity index (χ3v) is 5.77. The van der Waals surface area contributed by atoms with E-state index < -0.39 is 35.4 Å². The van der Waals surface area contributed by atoms with Crippen LogP contribution in [0.5, 0.6) is 5.88 Å². The summed E-state index contributed by atoms with van der Waals surface area (Å²) in [4.78, 5) is 32.3. The second kappa shape index (κ2) is 8.50. The van der Waals surface area contributed by atoms with Crippen molar-refractivity contribution >= 4 is 17.4 Å². The van der Waals surface area contributed by atoms with Gasteiger partial charge in [-0.15, -0.1) is 0 Å². The van der Waals surface area contributed by atoms with E-state index in [1.54, 1.807) is 0 Å². The van der Waals surface area contributed by atoms with E-state index in [9.17, 15) is 22.8 Å². The molecule has 0 aromatic carbocycles. The van der Waals surface area contributed by atoms with Crippen molar-refractivity contribution in [2.24, 2.45) is 5.92 Å².